The van der Waals surface area contributed by atoms with Crippen LogP contribution in [-0.4, -0.2) is 42.8 Å². The fraction of sp³-hybridized carbons (Fsp3) is 0.550. The van der Waals surface area contributed by atoms with Crippen LogP contribution >= 0.6 is 0 Å². The quantitative estimate of drug-likeness (QED) is 0.744. The molecule has 3 atom stereocenters. The number of amides is 2. The molecule has 7 heteroatoms. The fourth-order valence-electron chi connectivity index (χ4n) is 2.59. The maximum absolute atomic E-state index is 12.1. The first-order valence-electron chi connectivity index (χ1n) is 9.06. The van der Waals surface area contributed by atoms with Crippen molar-refractivity contribution in [2.45, 2.75) is 58.2 Å². The van der Waals surface area contributed by atoms with E-state index in [0.717, 1.165) is 12.0 Å². The highest BCUT2D eigenvalue weighted by Crippen LogP contribution is 2.29. The van der Waals surface area contributed by atoms with Crippen LogP contribution in [0.1, 0.15) is 50.0 Å². The molecule has 0 unspecified atom stereocenters. The lowest BCUT2D eigenvalue weighted by Crippen LogP contribution is -2.45. The molecule has 7 nitrogen and oxygen atoms in total. The van der Waals surface area contributed by atoms with E-state index in [2.05, 4.69) is 17.6 Å². The van der Waals surface area contributed by atoms with E-state index in [9.17, 15) is 14.4 Å². The molecule has 0 bridgehead atoms. The van der Waals surface area contributed by atoms with Gasteiger partial charge in [0.2, 0.25) is 0 Å². The van der Waals surface area contributed by atoms with E-state index in [4.69, 9.17) is 9.47 Å². The number of esters is 1. The smallest absolute Gasteiger partial charge is 0.408 e. The highest BCUT2D eigenvalue weighted by molar-refractivity contribution is 5.94. The van der Waals surface area contributed by atoms with Gasteiger partial charge >= 0.3 is 12.1 Å². The molecule has 0 aromatic heterocycles. The van der Waals surface area contributed by atoms with Crippen LogP contribution in [0, 0.1) is 5.92 Å². The number of alkyl carbamates (subject to hydrolysis) is 1. The van der Waals surface area contributed by atoms with Gasteiger partial charge in [-0.25, -0.2) is 9.59 Å². The molecule has 0 saturated heterocycles. The zero-order valence-corrected chi connectivity index (χ0v) is 16.5. The van der Waals surface area contributed by atoms with Crippen molar-refractivity contribution in [1.29, 1.82) is 0 Å². The van der Waals surface area contributed by atoms with Crippen molar-refractivity contribution in [3.63, 3.8) is 0 Å². The Morgan fingerprint density at radius 3 is 2.26 bits per heavy atom. The Morgan fingerprint density at radius 2 is 1.78 bits per heavy atom. The van der Waals surface area contributed by atoms with E-state index in [1.165, 1.54) is 7.11 Å². The Bertz CT molecular complexity index is 693. The second kappa shape index (κ2) is 8.41. The number of rotatable bonds is 6. The van der Waals surface area contributed by atoms with Gasteiger partial charge < -0.3 is 20.1 Å². The standard InChI is InChI=1S/C20H28N2O5/c1-12-10-15(12)21-17(23)14-8-6-13(7-9-14)11-16(18(24)26-5)22-19(25)27-20(2,3)4/h6-9,12,15-16H,10-11H2,1-5H3,(H,21,23)(H,22,25)/t12-,15-,16-/m0/s1. The summed E-state index contributed by atoms with van der Waals surface area (Å²) in [6.45, 7) is 7.32. The van der Waals surface area contributed by atoms with Crippen LogP contribution in [0.3, 0.4) is 0 Å². The van der Waals surface area contributed by atoms with Gasteiger partial charge in [0.05, 0.1) is 7.11 Å². The van der Waals surface area contributed by atoms with Gasteiger partial charge in [0.1, 0.15) is 11.6 Å². The second-order valence-electron chi connectivity index (χ2n) is 7.92. The Kier molecular flexibility index (Phi) is 6.46. The normalized spacial score (nSPS) is 19.6. The van der Waals surface area contributed by atoms with Gasteiger partial charge in [-0.15, -0.1) is 0 Å². The summed E-state index contributed by atoms with van der Waals surface area (Å²) < 4.78 is 9.96. The van der Waals surface area contributed by atoms with Gasteiger partial charge in [-0.3, -0.25) is 4.79 Å². The van der Waals surface area contributed by atoms with E-state index in [-0.39, 0.29) is 18.4 Å². The lowest BCUT2D eigenvalue weighted by atomic mass is 10.0. The van der Waals surface area contributed by atoms with E-state index in [1.807, 2.05) is 0 Å². The SMILES string of the molecule is COC(=O)[C@H](Cc1ccc(C(=O)N[C@H]2C[C@@H]2C)cc1)NC(=O)OC(C)(C)C. The molecular formula is C20H28N2O5. The predicted octanol–water partition coefficient (Wildman–Crippen LogP) is 2.43. The number of hydrogen-bond acceptors (Lipinski definition) is 5. The number of methoxy groups -OCH3 is 1. The van der Waals surface area contributed by atoms with Crippen LogP contribution in [-0.2, 0) is 20.7 Å². The fourth-order valence-corrected chi connectivity index (χ4v) is 2.59. The molecular weight excluding hydrogens is 348 g/mol. The van der Waals surface area contributed by atoms with Crippen molar-refractivity contribution in [2.75, 3.05) is 7.11 Å². The molecule has 1 aliphatic rings. The van der Waals surface area contributed by atoms with Crippen LogP contribution in [0.15, 0.2) is 24.3 Å². The van der Waals surface area contributed by atoms with Gasteiger partial charge in [0.15, 0.2) is 0 Å². The lowest BCUT2D eigenvalue weighted by molar-refractivity contribution is -0.143. The molecule has 2 amide bonds. The van der Waals surface area contributed by atoms with Crippen LogP contribution < -0.4 is 10.6 Å². The maximum Gasteiger partial charge on any atom is 0.408 e. The second-order valence-corrected chi connectivity index (χ2v) is 7.92. The molecule has 0 spiro atoms. The molecule has 1 saturated carbocycles. The Hall–Kier alpha value is -2.57. The van der Waals surface area contributed by atoms with Gasteiger partial charge in [-0.2, -0.15) is 0 Å². The summed E-state index contributed by atoms with van der Waals surface area (Å²) in [5.74, 6) is -0.134. The first kappa shape index (κ1) is 20.7. The topological polar surface area (TPSA) is 93.7 Å². The Balaban J connectivity index is 1.98. The molecule has 1 fully saturated rings. The molecule has 148 valence electrons. The average Bonchev–Trinajstić information content (AvgIpc) is 3.27. The third kappa shape index (κ3) is 6.58. The number of carbonyl (C=O) groups excluding carboxylic acids is 3. The zero-order chi connectivity index (χ0) is 20.2. The summed E-state index contributed by atoms with van der Waals surface area (Å²) in [7, 11) is 1.26. The van der Waals surface area contributed by atoms with Crippen molar-refractivity contribution < 1.29 is 23.9 Å². The highest BCUT2D eigenvalue weighted by atomic mass is 16.6. The summed E-state index contributed by atoms with van der Waals surface area (Å²) in [4.78, 5) is 36.1. The van der Waals surface area contributed by atoms with Crippen molar-refractivity contribution in [2.24, 2.45) is 5.92 Å². The third-order valence-electron chi connectivity index (χ3n) is 4.26. The van der Waals surface area contributed by atoms with Crippen molar-refractivity contribution in [1.82, 2.24) is 10.6 Å². The number of nitrogens with one attached hydrogen (secondary N) is 2. The molecule has 0 aliphatic heterocycles. The van der Waals surface area contributed by atoms with Crippen LogP contribution in [0.5, 0.6) is 0 Å². The van der Waals surface area contributed by atoms with Gasteiger partial charge in [0.25, 0.3) is 5.91 Å². The summed E-state index contributed by atoms with van der Waals surface area (Å²) in [5.41, 5.74) is 0.684. The Morgan fingerprint density at radius 1 is 1.19 bits per heavy atom. The van der Waals surface area contributed by atoms with E-state index in [0.29, 0.717) is 11.5 Å². The monoisotopic (exact) mass is 376 g/mol. The van der Waals surface area contributed by atoms with E-state index in [1.54, 1.807) is 45.0 Å². The van der Waals surface area contributed by atoms with Crippen molar-refractivity contribution in [3.05, 3.63) is 35.4 Å². The number of benzene rings is 1. The minimum Gasteiger partial charge on any atom is -0.467 e. The highest BCUT2D eigenvalue weighted by Gasteiger charge is 2.34. The third-order valence-corrected chi connectivity index (χ3v) is 4.26. The number of hydrogen-bond donors (Lipinski definition) is 2. The minimum atomic E-state index is -0.878. The lowest BCUT2D eigenvalue weighted by Gasteiger charge is -2.22. The van der Waals surface area contributed by atoms with E-state index < -0.39 is 23.7 Å². The Labute approximate surface area is 159 Å². The number of carbonyl (C=O) groups is 3. The molecule has 1 aromatic carbocycles. The molecule has 2 rings (SSSR count). The van der Waals surface area contributed by atoms with Crippen LogP contribution in [0.2, 0.25) is 0 Å². The van der Waals surface area contributed by atoms with Gasteiger partial charge in [0, 0.05) is 18.0 Å². The largest absolute Gasteiger partial charge is 0.467 e. The first-order valence-corrected chi connectivity index (χ1v) is 9.06. The minimum absolute atomic E-state index is 0.104. The summed E-state index contributed by atoms with van der Waals surface area (Å²) in [6, 6.07) is 6.32. The molecule has 0 radical (unpaired) electrons. The van der Waals surface area contributed by atoms with Gasteiger partial charge in [-0.05, 0) is 50.8 Å². The van der Waals surface area contributed by atoms with Crippen molar-refractivity contribution >= 4 is 18.0 Å². The predicted molar refractivity (Wildman–Crippen MR) is 100 cm³/mol. The van der Waals surface area contributed by atoms with Crippen LogP contribution in [0.4, 0.5) is 4.79 Å². The zero-order valence-electron chi connectivity index (χ0n) is 16.5. The maximum atomic E-state index is 12.1. The summed E-state index contributed by atoms with van der Waals surface area (Å²) >= 11 is 0. The molecule has 0 heterocycles. The molecule has 27 heavy (non-hydrogen) atoms. The summed E-state index contributed by atoms with van der Waals surface area (Å²) in [6.07, 6.45) is 0.557. The average molecular weight is 376 g/mol. The summed E-state index contributed by atoms with van der Waals surface area (Å²) in [5, 5.41) is 5.50. The van der Waals surface area contributed by atoms with Gasteiger partial charge in [-0.1, -0.05) is 19.1 Å². The molecule has 1 aliphatic carbocycles. The van der Waals surface area contributed by atoms with Crippen LogP contribution in [0.25, 0.3) is 0 Å². The van der Waals surface area contributed by atoms with Crippen molar-refractivity contribution in [3.8, 4) is 0 Å². The molecule has 1 aromatic rings. The number of ether oxygens (including phenoxy) is 2. The molecule has 2 N–H and O–H groups in total. The first-order chi connectivity index (χ1) is 12.6. The van der Waals surface area contributed by atoms with E-state index >= 15 is 0 Å².